The van der Waals surface area contributed by atoms with Crippen molar-refractivity contribution in [3.8, 4) is 5.75 Å². The Kier molecular flexibility index (Phi) is 5.02. The van der Waals surface area contributed by atoms with Crippen molar-refractivity contribution in [3.63, 3.8) is 0 Å². The second kappa shape index (κ2) is 7.06. The molecule has 9 heteroatoms. The van der Waals surface area contributed by atoms with E-state index in [9.17, 15) is 20.1 Å². The number of nitrogens with zero attached hydrogens (tertiary/aromatic N) is 1. The van der Waals surface area contributed by atoms with Crippen molar-refractivity contribution in [2.75, 3.05) is 6.54 Å². The first-order valence-electron chi connectivity index (χ1n) is 7.89. The van der Waals surface area contributed by atoms with E-state index in [1.54, 1.807) is 24.4 Å². The number of hydrogen-bond donors (Lipinski definition) is 5. The monoisotopic (exact) mass is 352 g/mol. The standard InChI is InChI=1S/C16H20N2O7/c17-4-3-7-6-18-10-2-1-8(5-9(7)10)24-16-13(21)11(19)12(20)14(25-16)15(22)23/h1-2,5-7,11-14,16,19-21H,3-4,17H2,(H,22,23)/t7?,11?,12-,13?,14?,16+/m0/s1. The summed E-state index contributed by atoms with van der Waals surface area (Å²) in [6.45, 7) is 0.496. The fourth-order valence-electron chi connectivity index (χ4n) is 2.96. The number of aliphatic carboxylic acids is 1. The fourth-order valence-corrected chi connectivity index (χ4v) is 2.96. The smallest absolute Gasteiger partial charge is 0.335 e. The van der Waals surface area contributed by atoms with E-state index in [-0.39, 0.29) is 5.92 Å². The Morgan fingerprint density at radius 3 is 2.68 bits per heavy atom. The van der Waals surface area contributed by atoms with Crippen LogP contribution in [0.5, 0.6) is 5.75 Å². The Morgan fingerprint density at radius 2 is 2.00 bits per heavy atom. The van der Waals surface area contributed by atoms with Gasteiger partial charge in [0.05, 0.1) is 5.69 Å². The first kappa shape index (κ1) is 17.8. The number of rotatable bonds is 5. The van der Waals surface area contributed by atoms with E-state index in [0.717, 1.165) is 11.3 Å². The third-order valence-electron chi connectivity index (χ3n) is 4.33. The average Bonchev–Trinajstić information content (AvgIpc) is 2.98. The maximum atomic E-state index is 11.1. The molecule has 9 nitrogen and oxygen atoms in total. The van der Waals surface area contributed by atoms with Crippen molar-refractivity contribution in [3.05, 3.63) is 23.8 Å². The zero-order chi connectivity index (χ0) is 18.1. The number of ether oxygens (including phenoxy) is 2. The minimum absolute atomic E-state index is 0.0555. The molecular weight excluding hydrogens is 332 g/mol. The molecule has 2 aliphatic rings. The number of carboxylic acids is 1. The highest BCUT2D eigenvalue weighted by molar-refractivity contribution is 5.81. The van der Waals surface area contributed by atoms with Crippen molar-refractivity contribution in [2.45, 2.75) is 43.0 Å². The van der Waals surface area contributed by atoms with Crippen LogP contribution in [0.1, 0.15) is 17.9 Å². The number of aliphatic hydroxyl groups is 3. The van der Waals surface area contributed by atoms with Crippen LogP contribution in [-0.2, 0) is 9.53 Å². The summed E-state index contributed by atoms with van der Waals surface area (Å²) in [6.07, 6.45) is -5.69. The van der Waals surface area contributed by atoms with Crippen molar-refractivity contribution >= 4 is 17.9 Å². The molecule has 2 aliphatic heterocycles. The highest BCUT2D eigenvalue weighted by Crippen LogP contribution is 2.37. The maximum absolute atomic E-state index is 11.1. The third-order valence-corrected chi connectivity index (χ3v) is 4.33. The van der Waals surface area contributed by atoms with E-state index in [4.69, 9.17) is 20.3 Å². The average molecular weight is 352 g/mol. The highest BCUT2D eigenvalue weighted by Gasteiger charge is 2.48. The van der Waals surface area contributed by atoms with Gasteiger partial charge in [0.1, 0.15) is 24.1 Å². The van der Waals surface area contributed by atoms with Crippen LogP contribution in [0, 0.1) is 0 Å². The Morgan fingerprint density at radius 1 is 1.24 bits per heavy atom. The molecule has 25 heavy (non-hydrogen) atoms. The second-order valence-electron chi connectivity index (χ2n) is 6.04. The Hall–Kier alpha value is -2.04. The zero-order valence-electron chi connectivity index (χ0n) is 13.2. The summed E-state index contributed by atoms with van der Waals surface area (Å²) in [7, 11) is 0. The summed E-state index contributed by atoms with van der Waals surface area (Å²) in [5.41, 5.74) is 7.28. The molecule has 0 radical (unpaired) electrons. The summed E-state index contributed by atoms with van der Waals surface area (Å²) in [6, 6.07) is 5.04. The number of fused-ring (bicyclic) bond motifs is 1. The lowest BCUT2D eigenvalue weighted by Crippen LogP contribution is -2.61. The van der Waals surface area contributed by atoms with Crippen molar-refractivity contribution in [2.24, 2.45) is 10.7 Å². The Labute approximate surface area is 143 Å². The van der Waals surface area contributed by atoms with E-state index in [1.807, 2.05) is 0 Å². The molecular formula is C16H20N2O7. The minimum atomic E-state index is -1.75. The molecule has 4 unspecified atom stereocenters. The van der Waals surface area contributed by atoms with E-state index in [2.05, 4.69) is 4.99 Å². The molecule has 3 rings (SSSR count). The number of hydrogen-bond acceptors (Lipinski definition) is 8. The fraction of sp³-hybridized carbons (Fsp3) is 0.500. The topological polar surface area (TPSA) is 155 Å². The van der Waals surface area contributed by atoms with Gasteiger partial charge in [0.2, 0.25) is 6.29 Å². The van der Waals surface area contributed by atoms with Crippen LogP contribution in [-0.4, -0.2) is 69.9 Å². The van der Waals surface area contributed by atoms with E-state index < -0.39 is 36.7 Å². The van der Waals surface area contributed by atoms with Gasteiger partial charge in [-0.3, -0.25) is 4.99 Å². The van der Waals surface area contributed by atoms with Gasteiger partial charge in [-0.1, -0.05) is 0 Å². The molecule has 0 aromatic heterocycles. The van der Waals surface area contributed by atoms with E-state index in [1.165, 1.54) is 0 Å². The molecule has 2 heterocycles. The molecule has 0 saturated carbocycles. The Balaban J connectivity index is 1.78. The number of aliphatic imine (C=N–C) groups is 1. The quantitative estimate of drug-likeness (QED) is 0.457. The molecule has 0 spiro atoms. The van der Waals surface area contributed by atoms with Crippen LogP contribution in [0.2, 0.25) is 0 Å². The lowest BCUT2D eigenvalue weighted by Gasteiger charge is -2.38. The maximum Gasteiger partial charge on any atom is 0.335 e. The molecule has 0 bridgehead atoms. The molecule has 1 aromatic rings. The molecule has 6 atom stereocenters. The van der Waals surface area contributed by atoms with Gasteiger partial charge in [0.15, 0.2) is 6.10 Å². The lowest BCUT2D eigenvalue weighted by molar-refractivity contribution is -0.271. The predicted octanol–water partition coefficient (Wildman–Crippen LogP) is -0.894. The van der Waals surface area contributed by atoms with Gasteiger partial charge in [-0.05, 0) is 36.7 Å². The van der Waals surface area contributed by atoms with Crippen LogP contribution in [0.25, 0.3) is 0 Å². The molecule has 6 N–H and O–H groups in total. The van der Waals surface area contributed by atoms with Crippen LogP contribution in [0.3, 0.4) is 0 Å². The van der Waals surface area contributed by atoms with E-state index >= 15 is 0 Å². The summed E-state index contributed by atoms with van der Waals surface area (Å²) in [4.78, 5) is 15.4. The van der Waals surface area contributed by atoms with Crippen molar-refractivity contribution in [1.82, 2.24) is 0 Å². The van der Waals surface area contributed by atoms with Crippen molar-refractivity contribution < 1.29 is 34.7 Å². The van der Waals surface area contributed by atoms with Gasteiger partial charge < -0.3 is 35.6 Å². The van der Waals surface area contributed by atoms with Crippen LogP contribution >= 0.6 is 0 Å². The number of nitrogens with two attached hydrogens (primary N) is 1. The normalized spacial score (nSPS) is 33.9. The summed E-state index contributed by atoms with van der Waals surface area (Å²) < 4.78 is 10.6. The number of aliphatic hydroxyl groups excluding tert-OH is 3. The lowest BCUT2D eigenvalue weighted by atomic mass is 9.97. The van der Waals surface area contributed by atoms with Gasteiger partial charge in [-0.15, -0.1) is 0 Å². The second-order valence-corrected chi connectivity index (χ2v) is 6.04. The SMILES string of the molecule is NCCC1C=Nc2ccc(O[C@@H]3OC(C(=O)O)[C@@H](O)C(O)C3O)cc21. The molecule has 1 saturated heterocycles. The van der Waals surface area contributed by atoms with Gasteiger partial charge in [0, 0.05) is 12.1 Å². The van der Waals surface area contributed by atoms with E-state index in [0.29, 0.717) is 18.7 Å². The van der Waals surface area contributed by atoms with Crippen molar-refractivity contribution in [1.29, 1.82) is 0 Å². The third kappa shape index (κ3) is 3.37. The minimum Gasteiger partial charge on any atom is -0.479 e. The van der Waals surface area contributed by atoms with Gasteiger partial charge in [-0.2, -0.15) is 0 Å². The number of carbonyl (C=O) groups is 1. The van der Waals surface area contributed by atoms with Crippen LogP contribution in [0.15, 0.2) is 23.2 Å². The largest absolute Gasteiger partial charge is 0.479 e. The van der Waals surface area contributed by atoms with Crippen LogP contribution in [0.4, 0.5) is 5.69 Å². The van der Waals surface area contributed by atoms with Gasteiger partial charge in [0.25, 0.3) is 0 Å². The molecule has 0 amide bonds. The Bertz CT molecular complexity index is 680. The van der Waals surface area contributed by atoms with Gasteiger partial charge >= 0.3 is 5.97 Å². The summed E-state index contributed by atoms with van der Waals surface area (Å²) in [5, 5.41) is 38.6. The predicted molar refractivity (Wildman–Crippen MR) is 86.0 cm³/mol. The first-order valence-corrected chi connectivity index (χ1v) is 7.89. The molecule has 136 valence electrons. The van der Waals surface area contributed by atoms with Gasteiger partial charge in [-0.25, -0.2) is 4.79 Å². The summed E-state index contributed by atoms with van der Waals surface area (Å²) >= 11 is 0. The van der Waals surface area contributed by atoms with Crippen LogP contribution < -0.4 is 10.5 Å². The zero-order valence-corrected chi connectivity index (χ0v) is 13.2. The first-order chi connectivity index (χ1) is 11.9. The molecule has 1 aromatic carbocycles. The molecule has 1 fully saturated rings. The highest BCUT2D eigenvalue weighted by atomic mass is 16.7. The number of benzene rings is 1. The molecule has 0 aliphatic carbocycles. The number of carboxylic acid groups (broad SMARTS) is 1. The summed E-state index contributed by atoms with van der Waals surface area (Å²) in [5.74, 6) is -1.08.